The molecule has 1 unspecified atom stereocenters. The third-order valence-electron chi connectivity index (χ3n) is 1.54. The fraction of sp³-hybridized carbons (Fsp3) is 0.333. The van der Waals surface area contributed by atoms with E-state index in [4.69, 9.17) is 0 Å². The number of hydrogen-bond acceptors (Lipinski definition) is 5. The molecule has 0 fully saturated rings. The Morgan fingerprint density at radius 2 is 2.50 bits per heavy atom. The lowest BCUT2D eigenvalue weighted by molar-refractivity contribution is -0.119. The molecule has 0 saturated carbocycles. The van der Waals surface area contributed by atoms with E-state index in [-0.39, 0.29) is 5.91 Å². The SMILES string of the molecule is CSC1=NC2=NC=NC2C(=O)N1. The first-order chi connectivity index (χ1) is 5.81. The van der Waals surface area contributed by atoms with Crippen LogP contribution >= 0.6 is 11.8 Å². The van der Waals surface area contributed by atoms with Crippen molar-refractivity contribution in [2.45, 2.75) is 6.04 Å². The van der Waals surface area contributed by atoms with Gasteiger partial charge in [0.25, 0.3) is 5.91 Å². The highest BCUT2D eigenvalue weighted by molar-refractivity contribution is 8.13. The monoisotopic (exact) mass is 182 g/mol. The van der Waals surface area contributed by atoms with Crippen LogP contribution < -0.4 is 5.32 Å². The number of aliphatic imine (C=N–C) groups is 3. The molecule has 62 valence electrons. The van der Waals surface area contributed by atoms with Gasteiger partial charge in [0.1, 0.15) is 6.34 Å². The maximum atomic E-state index is 11.2. The van der Waals surface area contributed by atoms with Crippen molar-refractivity contribution in [3.8, 4) is 0 Å². The minimum atomic E-state index is -0.513. The van der Waals surface area contributed by atoms with E-state index in [2.05, 4.69) is 20.3 Å². The van der Waals surface area contributed by atoms with E-state index in [1.807, 2.05) is 6.26 Å². The normalized spacial score (nSPS) is 26.1. The van der Waals surface area contributed by atoms with E-state index >= 15 is 0 Å². The van der Waals surface area contributed by atoms with Crippen LogP contribution in [0.3, 0.4) is 0 Å². The highest BCUT2D eigenvalue weighted by Crippen LogP contribution is 2.10. The molecule has 1 amide bonds. The molecule has 0 radical (unpaired) electrons. The molecule has 0 aromatic heterocycles. The molecule has 0 aromatic rings. The second kappa shape index (κ2) is 2.71. The average Bonchev–Trinajstić information content (AvgIpc) is 2.52. The van der Waals surface area contributed by atoms with Gasteiger partial charge in [-0.2, -0.15) is 0 Å². The molecule has 0 aromatic carbocycles. The van der Waals surface area contributed by atoms with Crippen molar-refractivity contribution in [1.29, 1.82) is 0 Å². The molecule has 5 nitrogen and oxygen atoms in total. The Morgan fingerprint density at radius 3 is 3.25 bits per heavy atom. The minimum Gasteiger partial charge on any atom is -0.303 e. The topological polar surface area (TPSA) is 66.2 Å². The van der Waals surface area contributed by atoms with Crippen molar-refractivity contribution in [1.82, 2.24) is 5.32 Å². The summed E-state index contributed by atoms with van der Waals surface area (Å²) < 4.78 is 0. The molecule has 0 saturated heterocycles. The number of fused-ring (bicyclic) bond motifs is 1. The number of amides is 1. The van der Waals surface area contributed by atoms with Gasteiger partial charge in [0, 0.05) is 0 Å². The molecule has 2 heterocycles. The van der Waals surface area contributed by atoms with Crippen molar-refractivity contribution in [2.75, 3.05) is 6.26 Å². The summed E-state index contributed by atoms with van der Waals surface area (Å²) >= 11 is 1.38. The van der Waals surface area contributed by atoms with Crippen molar-refractivity contribution in [3.63, 3.8) is 0 Å². The quantitative estimate of drug-likeness (QED) is 0.556. The number of nitrogens with zero attached hydrogens (tertiary/aromatic N) is 3. The Hall–Kier alpha value is -1.17. The first-order valence-corrected chi connectivity index (χ1v) is 4.56. The first-order valence-electron chi connectivity index (χ1n) is 3.34. The highest BCUT2D eigenvalue weighted by Gasteiger charge is 2.30. The minimum absolute atomic E-state index is 0.151. The number of rotatable bonds is 0. The molecule has 2 aliphatic rings. The van der Waals surface area contributed by atoms with Gasteiger partial charge in [-0.3, -0.25) is 9.79 Å². The van der Waals surface area contributed by atoms with Crippen LogP contribution in [0.5, 0.6) is 0 Å². The van der Waals surface area contributed by atoms with E-state index in [9.17, 15) is 4.79 Å². The van der Waals surface area contributed by atoms with Crippen LogP contribution in [0, 0.1) is 0 Å². The number of carbonyl (C=O) groups is 1. The van der Waals surface area contributed by atoms with Gasteiger partial charge in [-0.25, -0.2) is 9.98 Å². The Labute approximate surface area is 73.1 Å². The van der Waals surface area contributed by atoms with Crippen LogP contribution in [0.1, 0.15) is 0 Å². The predicted octanol–water partition coefficient (Wildman–Crippen LogP) is -0.356. The van der Waals surface area contributed by atoms with Gasteiger partial charge in [-0.15, -0.1) is 0 Å². The first kappa shape index (κ1) is 7.48. The number of amidine groups is 2. The Morgan fingerprint density at radius 1 is 1.67 bits per heavy atom. The summed E-state index contributed by atoms with van der Waals surface area (Å²) in [7, 11) is 0. The summed E-state index contributed by atoms with van der Waals surface area (Å²) in [5, 5.41) is 3.20. The fourth-order valence-electron chi connectivity index (χ4n) is 0.974. The smallest absolute Gasteiger partial charge is 0.258 e. The van der Waals surface area contributed by atoms with Gasteiger partial charge in [-0.1, -0.05) is 11.8 Å². The Bertz CT molecular complexity index is 320. The Balaban J connectivity index is 2.34. The zero-order valence-corrected chi connectivity index (χ0v) is 7.13. The standard InChI is InChI=1S/C6H6N4OS/c1-12-6-9-4-3(5(11)10-6)7-2-8-4/h2-3H,1H3,(H,7,8,9,10,11). The largest absolute Gasteiger partial charge is 0.303 e. The van der Waals surface area contributed by atoms with E-state index in [0.29, 0.717) is 11.0 Å². The molecule has 6 heteroatoms. The molecule has 2 rings (SSSR count). The van der Waals surface area contributed by atoms with Crippen molar-refractivity contribution >= 4 is 35.0 Å². The van der Waals surface area contributed by atoms with Gasteiger partial charge in [0.15, 0.2) is 17.0 Å². The third-order valence-corrected chi connectivity index (χ3v) is 2.12. The van der Waals surface area contributed by atoms with Gasteiger partial charge in [0.05, 0.1) is 0 Å². The molecular weight excluding hydrogens is 176 g/mol. The van der Waals surface area contributed by atoms with E-state index in [1.165, 1.54) is 18.1 Å². The molecule has 1 atom stereocenters. The fourth-order valence-corrected chi connectivity index (χ4v) is 1.36. The maximum Gasteiger partial charge on any atom is 0.258 e. The van der Waals surface area contributed by atoms with Gasteiger partial charge >= 0.3 is 0 Å². The second-order valence-corrected chi connectivity index (χ2v) is 3.06. The maximum absolute atomic E-state index is 11.2. The van der Waals surface area contributed by atoms with Crippen molar-refractivity contribution in [2.24, 2.45) is 15.0 Å². The summed E-state index contributed by atoms with van der Waals surface area (Å²) in [6.07, 6.45) is 3.21. The molecule has 0 bridgehead atoms. The average molecular weight is 182 g/mol. The summed E-state index contributed by atoms with van der Waals surface area (Å²) in [5.41, 5.74) is 0. The molecule has 12 heavy (non-hydrogen) atoms. The number of hydrogen-bond donors (Lipinski definition) is 1. The summed E-state index contributed by atoms with van der Waals surface area (Å²) in [6, 6.07) is -0.513. The number of nitrogens with one attached hydrogen (secondary N) is 1. The predicted molar refractivity (Wildman–Crippen MR) is 48.8 cm³/mol. The third kappa shape index (κ3) is 1.04. The van der Waals surface area contributed by atoms with Crippen LogP contribution in [-0.2, 0) is 4.79 Å². The molecule has 1 N–H and O–H groups in total. The summed E-state index contributed by atoms with van der Waals surface area (Å²) in [4.78, 5) is 23.1. The van der Waals surface area contributed by atoms with E-state index < -0.39 is 6.04 Å². The number of thioether (sulfide) groups is 1. The molecule has 2 aliphatic heterocycles. The van der Waals surface area contributed by atoms with Crippen LogP contribution in [0.4, 0.5) is 0 Å². The van der Waals surface area contributed by atoms with Crippen LogP contribution in [0.25, 0.3) is 0 Å². The van der Waals surface area contributed by atoms with Gasteiger partial charge in [-0.05, 0) is 6.26 Å². The zero-order valence-electron chi connectivity index (χ0n) is 6.31. The Kier molecular flexibility index (Phi) is 1.69. The van der Waals surface area contributed by atoms with Crippen LogP contribution in [0.15, 0.2) is 15.0 Å². The van der Waals surface area contributed by atoms with Gasteiger partial charge < -0.3 is 5.32 Å². The van der Waals surface area contributed by atoms with E-state index in [0.717, 1.165) is 0 Å². The zero-order chi connectivity index (χ0) is 8.55. The lowest BCUT2D eigenvalue weighted by atomic mass is 10.2. The highest BCUT2D eigenvalue weighted by atomic mass is 32.2. The van der Waals surface area contributed by atoms with Gasteiger partial charge in [0.2, 0.25) is 0 Å². The lowest BCUT2D eigenvalue weighted by Gasteiger charge is -2.15. The van der Waals surface area contributed by atoms with Crippen molar-refractivity contribution in [3.05, 3.63) is 0 Å². The summed E-state index contributed by atoms with van der Waals surface area (Å²) in [6.45, 7) is 0. The second-order valence-electron chi connectivity index (χ2n) is 2.26. The molecule has 0 aliphatic carbocycles. The summed E-state index contributed by atoms with van der Waals surface area (Å²) in [5.74, 6) is 0.338. The van der Waals surface area contributed by atoms with E-state index in [1.54, 1.807) is 0 Å². The van der Waals surface area contributed by atoms with Crippen LogP contribution in [0.2, 0.25) is 0 Å². The van der Waals surface area contributed by atoms with Crippen LogP contribution in [-0.4, -0.2) is 35.5 Å². The lowest BCUT2D eigenvalue weighted by Crippen LogP contribution is -2.44. The molecule has 0 spiro atoms. The van der Waals surface area contributed by atoms with Crippen molar-refractivity contribution < 1.29 is 4.79 Å². The molecular formula is C6H6N4OS. The number of carbonyl (C=O) groups excluding carboxylic acids is 1.